The summed E-state index contributed by atoms with van der Waals surface area (Å²) >= 11 is 0. The quantitative estimate of drug-likeness (QED) is 0.725. The molecular weight excluding hydrogens is 214 g/mol. The van der Waals surface area contributed by atoms with Crippen molar-refractivity contribution in [1.82, 2.24) is 5.32 Å². The fraction of sp³-hybridized carbons (Fsp3) is 0.786. The van der Waals surface area contributed by atoms with E-state index in [2.05, 4.69) is 19.2 Å². The first-order chi connectivity index (χ1) is 8.00. The first-order valence-electron chi connectivity index (χ1n) is 6.64. The lowest BCUT2D eigenvalue weighted by molar-refractivity contribution is -0.131. The van der Waals surface area contributed by atoms with Crippen LogP contribution in [0.15, 0.2) is 11.6 Å². The van der Waals surface area contributed by atoms with Gasteiger partial charge in [0.05, 0.1) is 0 Å². The summed E-state index contributed by atoms with van der Waals surface area (Å²) in [4.78, 5) is 10.5. The normalized spacial score (nSPS) is 26.2. The minimum absolute atomic E-state index is 0.556. The Bertz CT molecular complexity index is 284. The van der Waals surface area contributed by atoms with Gasteiger partial charge >= 0.3 is 5.97 Å². The zero-order valence-electron chi connectivity index (χ0n) is 11.2. The van der Waals surface area contributed by atoms with Crippen molar-refractivity contribution in [1.29, 1.82) is 0 Å². The highest BCUT2D eigenvalue weighted by atomic mass is 16.4. The summed E-state index contributed by atoms with van der Waals surface area (Å²) in [5, 5.41) is 12.2. The molecule has 2 N–H and O–H groups in total. The monoisotopic (exact) mass is 239 g/mol. The van der Waals surface area contributed by atoms with Crippen LogP contribution < -0.4 is 5.32 Å². The molecule has 3 nitrogen and oxygen atoms in total. The van der Waals surface area contributed by atoms with E-state index in [0.29, 0.717) is 18.5 Å². The molecule has 0 aromatic carbocycles. The smallest absolute Gasteiger partial charge is 0.328 e. The van der Waals surface area contributed by atoms with Crippen LogP contribution in [0.2, 0.25) is 0 Å². The third kappa shape index (κ3) is 4.90. The van der Waals surface area contributed by atoms with Crippen LogP contribution in [0.5, 0.6) is 0 Å². The van der Waals surface area contributed by atoms with Gasteiger partial charge in [0.25, 0.3) is 0 Å². The van der Waals surface area contributed by atoms with Gasteiger partial charge < -0.3 is 10.4 Å². The van der Waals surface area contributed by atoms with Crippen LogP contribution in [0.25, 0.3) is 0 Å². The molecule has 1 saturated carbocycles. The standard InChI is InChI=1S/C14H25NO2/c1-10(2)12-6-4-5-7-13(12)15-9-11(3)8-14(16)17/h8,10,12-13,15H,4-7,9H2,1-3H3,(H,16,17). The number of hydrogen-bond donors (Lipinski definition) is 2. The predicted octanol–water partition coefficient (Wildman–Crippen LogP) is 2.82. The lowest BCUT2D eigenvalue weighted by Crippen LogP contribution is -2.41. The molecule has 17 heavy (non-hydrogen) atoms. The third-order valence-corrected chi connectivity index (χ3v) is 3.69. The predicted molar refractivity (Wildman–Crippen MR) is 70.0 cm³/mol. The van der Waals surface area contributed by atoms with Gasteiger partial charge in [-0.25, -0.2) is 4.79 Å². The van der Waals surface area contributed by atoms with E-state index >= 15 is 0 Å². The van der Waals surface area contributed by atoms with Gasteiger partial charge in [0.1, 0.15) is 0 Å². The van der Waals surface area contributed by atoms with E-state index in [1.54, 1.807) is 0 Å². The summed E-state index contributed by atoms with van der Waals surface area (Å²) in [5.41, 5.74) is 0.894. The van der Waals surface area contributed by atoms with E-state index in [4.69, 9.17) is 5.11 Å². The largest absolute Gasteiger partial charge is 0.478 e. The Morgan fingerprint density at radius 1 is 1.41 bits per heavy atom. The van der Waals surface area contributed by atoms with Crippen molar-refractivity contribution in [3.05, 3.63) is 11.6 Å². The van der Waals surface area contributed by atoms with Gasteiger partial charge in [0.15, 0.2) is 0 Å². The average molecular weight is 239 g/mol. The maximum Gasteiger partial charge on any atom is 0.328 e. The van der Waals surface area contributed by atoms with Gasteiger partial charge in [-0.15, -0.1) is 0 Å². The van der Waals surface area contributed by atoms with Crippen LogP contribution >= 0.6 is 0 Å². The van der Waals surface area contributed by atoms with E-state index in [9.17, 15) is 4.79 Å². The Labute approximate surface area is 104 Å². The first-order valence-corrected chi connectivity index (χ1v) is 6.64. The molecule has 0 amide bonds. The highest BCUT2D eigenvalue weighted by Crippen LogP contribution is 2.30. The summed E-state index contributed by atoms with van der Waals surface area (Å²) in [6.07, 6.45) is 6.45. The van der Waals surface area contributed by atoms with E-state index < -0.39 is 5.97 Å². The van der Waals surface area contributed by atoms with Gasteiger partial charge in [0, 0.05) is 18.7 Å². The van der Waals surface area contributed by atoms with Crippen molar-refractivity contribution in [2.75, 3.05) is 6.54 Å². The number of rotatable bonds is 5. The van der Waals surface area contributed by atoms with E-state index in [-0.39, 0.29) is 0 Å². The second kappa shape index (κ2) is 6.80. The summed E-state index contributed by atoms with van der Waals surface area (Å²) in [6, 6.07) is 0.556. The molecule has 2 unspecified atom stereocenters. The Morgan fingerprint density at radius 3 is 2.65 bits per heavy atom. The fourth-order valence-corrected chi connectivity index (χ4v) is 2.76. The first kappa shape index (κ1) is 14.2. The van der Waals surface area contributed by atoms with Gasteiger partial charge in [-0.2, -0.15) is 0 Å². The van der Waals surface area contributed by atoms with Crippen molar-refractivity contribution >= 4 is 5.97 Å². The average Bonchev–Trinajstić information content (AvgIpc) is 2.25. The number of nitrogens with one attached hydrogen (secondary N) is 1. The van der Waals surface area contributed by atoms with Crippen LogP contribution in [0.4, 0.5) is 0 Å². The SMILES string of the molecule is CC(=CC(=O)O)CNC1CCCCC1C(C)C. The number of carboxylic acids is 1. The van der Waals surface area contributed by atoms with Crippen LogP contribution in [0.3, 0.4) is 0 Å². The molecule has 0 saturated heterocycles. The second-order valence-corrected chi connectivity index (χ2v) is 5.51. The topological polar surface area (TPSA) is 49.3 Å². The minimum Gasteiger partial charge on any atom is -0.478 e. The zero-order chi connectivity index (χ0) is 12.8. The third-order valence-electron chi connectivity index (χ3n) is 3.69. The summed E-state index contributed by atoms with van der Waals surface area (Å²) in [7, 11) is 0. The highest BCUT2D eigenvalue weighted by Gasteiger charge is 2.26. The summed E-state index contributed by atoms with van der Waals surface area (Å²) in [6.45, 7) is 7.13. The Balaban J connectivity index is 2.46. The van der Waals surface area contributed by atoms with E-state index in [1.807, 2.05) is 6.92 Å². The van der Waals surface area contributed by atoms with Crippen LogP contribution in [0.1, 0.15) is 46.5 Å². The van der Waals surface area contributed by atoms with Crippen LogP contribution in [0, 0.1) is 11.8 Å². The molecular formula is C14H25NO2. The molecule has 0 aromatic heterocycles. The number of carbonyl (C=O) groups is 1. The number of carboxylic acid groups (broad SMARTS) is 1. The lowest BCUT2D eigenvalue weighted by Gasteiger charge is -2.35. The Hall–Kier alpha value is -0.830. The van der Waals surface area contributed by atoms with Crippen LogP contribution in [-0.4, -0.2) is 23.7 Å². The molecule has 1 aliphatic rings. The van der Waals surface area contributed by atoms with Crippen LogP contribution in [-0.2, 0) is 4.79 Å². The fourth-order valence-electron chi connectivity index (χ4n) is 2.76. The molecule has 1 rings (SSSR count). The molecule has 2 atom stereocenters. The molecule has 1 aliphatic carbocycles. The lowest BCUT2D eigenvalue weighted by atomic mass is 9.78. The number of hydrogen-bond acceptors (Lipinski definition) is 2. The van der Waals surface area contributed by atoms with Gasteiger partial charge in [-0.05, 0) is 31.6 Å². The van der Waals surface area contributed by atoms with Crippen molar-refractivity contribution in [2.45, 2.75) is 52.5 Å². The zero-order valence-corrected chi connectivity index (χ0v) is 11.2. The second-order valence-electron chi connectivity index (χ2n) is 5.51. The molecule has 0 bridgehead atoms. The molecule has 0 heterocycles. The summed E-state index contributed by atoms with van der Waals surface area (Å²) < 4.78 is 0. The van der Waals surface area contributed by atoms with Crippen molar-refractivity contribution in [3.8, 4) is 0 Å². The highest BCUT2D eigenvalue weighted by molar-refractivity contribution is 5.80. The van der Waals surface area contributed by atoms with Crippen molar-refractivity contribution in [3.63, 3.8) is 0 Å². The van der Waals surface area contributed by atoms with Gasteiger partial charge in [0.2, 0.25) is 0 Å². The minimum atomic E-state index is -0.853. The Morgan fingerprint density at radius 2 is 2.06 bits per heavy atom. The van der Waals surface area contributed by atoms with Crippen molar-refractivity contribution < 1.29 is 9.90 Å². The molecule has 0 spiro atoms. The molecule has 0 aromatic rings. The maximum absolute atomic E-state index is 10.5. The van der Waals surface area contributed by atoms with Crippen molar-refractivity contribution in [2.24, 2.45) is 11.8 Å². The maximum atomic E-state index is 10.5. The molecule has 1 fully saturated rings. The van der Waals surface area contributed by atoms with Gasteiger partial charge in [-0.1, -0.05) is 32.3 Å². The molecule has 0 aliphatic heterocycles. The van der Waals surface area contributed by atoms with Gasteiger partial charge in [-0.3, -0.25) is 0 Å². The van der Waals surface area contributed by atoms with E-state index in [1.165, 1.54) is 31.8 Å². The molecule has 98 valence electrons. The number of aliphatic carboxylic acids is 1. The van der Waals surface area contributed by atoms with E-state index in [0.717, 1.165) is 11.5 Å². The summed E-state index contributed by atoms with van der Waals surface area (Å²) in [5.74, 6) is 0.589. The molecule has 0 radical (unpaired) electrons. The Kier molecular flexibility index (Phi) is 5.69. The molecule has 3 heteroatoms.